The summed E-state index contributed by atoms with van der Waals surface area (Å²) in [6.45, 7) is 6.46. The molecule has 2 aromatic rings. The van der Waals surface area contributed by atoms with Crippen LogP contribution in [0.2, 0.25) is 0 Å². The largest absolute Gasteiger partial charge is 0.382 e. The number of amides is 1. The fourth-order valence-corrected chi connectivity index (χ4v) is 2.83. The molecule has 0 unspecified atom stereocenters. The van der Waals surface area contributed by atoms with Crippen molar-refractivity contribution < 1.29 is 19.1 Å². The van der Waals surface area contributed by atoms with Crippen LogP contribution in [-0.4, -0.2) is 50.0 Å². The molecule has 0 heterocycles. The van der Waals surface area contributed by atoms with Gasteiger partial charge in [0.15, 0.2) is 5.78 Å². The van der Waals surface area contributed by atoms with Crippen LogP contribution in [0.5, 0.6) is 0 Å². The van der Waals surface area contributed by atoms with Gasteiger partial charge in [0.2, 0.25) is 0 Å². The number of carbonyl (C=O) groups is 2. The van der Waals surface area contributed by atoms with Gasteiger partial charge < -0.3 is 14.4 Å². The second-order valence-electron chi connectivity index (χ2n) is 6.09. The second kappa shape index (κ2) is 10.6. The third kappa shape index (κ3) is 5.49. The lowest BCUT2D eigenvalue weighted by molar-refractivity contribution is 0.0612. The summed E-state index contributed by atoms with van der Waals surface area (Å²) in [6, 6.07) is 14.3. The summed E-state index contributed by atoms with van der Waals surface area (Å²) < 4.78 is 10.5. The first-order chi connectivity index (χ1) is 13.1. The van der Waals surface area contributed by atoms with Gasteiger partial charge in [-0.3, -0.25) is 9.59 Å². The minimum atomic E-state index is -0.116. The maximum absolute atomic E-state index is 13.0. The lowest BCUT2D eigenvalue weighted by Crippen LogP contribution is -2.30. The van der Waals surface area contributed by atoms with E-state index in [9.17, 15) is 9.59 Å². The third-order valence-electron chi connectivity index (χ3n) is 4.37. The van der Waals surface area contributed by atoms with Crippen LogP contribution in [0.3, 0.4) is 0 Å². The van der Waals surface area contributed by atoms with Gasteiger partial charge in [-0.15, -0.1) is 0 Å². The van der Waals surface area contributed by atoms with Crippen LogP contribution < -0.4 is 0 Å². The zero-order valence-electron chi connectivity index (χ0n) is 16.2. The molecule has 0 aliphatic carbocycles. The van der Waals surface area contributed by atoms with Crippen LogP contribution in [0.25, 0.3) is 0 Å². The van der Waals surface area contributed by atoms with E-state index in [0.717, 1.165) is 5.56 Å². The molecule has 2 rings (SSSR count). The van der Waals surface area contributed by atoms with Crippen molar-refractivity contribution in [2.75, 3.05) is 33.4 Å². The van der Waals surface area contributed by atoms with Crippen molar-refractivity contribution in [3.05, 3.63) is 70.8 Å². The summed E-state index contributed by atoms with van der Waals surface area (Å²) >= 11 is 0. The van der Waals surface area contributed by atoms with Crippen LogP contribution in [0.15, 0.2) is 48.5 Å². The molecule has 0 bridgehead atoms. The fourth-order valence-electron chi connectivity index (χ4n) is 2.83. The predicted molar refractivity (Wildman–Crippen MR) is 105 cm³/mol. The Kier molecular flexibility index (Phi) is 8.17. The molecule has 0 aliphatic rings. The van der Waals surface area contributed by atoms with Gasteiger partial charge in [-0.25, -0.2) is 0 Å². The first-order valence-electron chi connectivity index (χ1n) is 9.21. The van der Waals surface area contributed by atoms with Gasteiger partial charge in [0.05, 0.1) is 19.8 Å². The van der Waals surface area contributed by atoms with E-state index in [1.165, 1.54) is 0 Å². The quantitative estimate of drug-likeness (QED) is 0.475. The van der Waals surface area contributed by atoms with E-state index in [1.807, 2.05) is 32.0 Å². The van der Waals surface area contributed by atoms with Crippen LogP contribution in [-0.2, 0) is 16.1 Å². The van der Waals surface area contributed by atoms with Gasteiger partial charge in [0.1, 0.15) is 0 Å². The Labute approximate surface area is 160 Å². The molecule has 0 saturated carbocycles. The summed E-state index contributed by atoms with van der Waals surface area (Å²) in [5.41, 5.74) is 2.43. The van der Waals surface area contributed by atoms with E-state index in [0.29, 0.717) is 49.6 Å². The molecule has 0 N–H and O–H groups in total. The molecule has 0 fully saturated rings. The fraction of sp³-hybridized carbons (Fsp3) is 0.364. The number of carbonyl (C=O) groups excluding carboxylic acids is 2. The zero-order chi connectivity index (χ0) is 19.6. The molecule has 0 spiro atoms. The molecule has 2 aromatic carbocycles. The lowest BCUT2D eigenvalue weighted by atomic mass is 9.97. The van der Waals surface area contributed by atoms with Crippen LogP contribution in [0.1, 0.15) is 45.7 Å². The van der Waals surface area contributed by atoms with Crippen LogP contribution in [0, 0.1) is 0 Å². The Hall–Kier alpha value is -2.50. The molecule has 0 radical (unpaired) electrons. The van der Waals surface area contributed by atoms with Crippen molar-refractivity contribution in [2.45, 2.75) is 20.5 Å². The van der Waals surface area contributed by atoms with E-state index in [-0.39, 0.29) is 11.7 Å². The average molecular weight is 369 g/mol. The standard InChI is InChI=1S/C22H27NO4/c1-4-23(5-2)22(25)18-11-8-10-17(15-18)21(24)20-12-7-6-9-19(20)16-27-14-13-26-3/h6-12,15H,4-5,13-14,16H2,1-3H3. The molecular weight excluding hydrogens is 342 g/mol. The Balaban J connectivity index is 2.23. The Morgan fingerprint density at radius 3 is 2.33 bits per heavy atom. The molecule has 144 valence electrons. The topological polar surface area (TPSA) is 55.8 Å². The van der Waals surface area contributed by atoms with E-state index < -0.39 is 0 Å². The first-order valence-corrected chi connectivity index (χ1v) is 9.21. The number of ether oxygens (including phenoxy) is 2. The zero-order valence-corrected chi connectivity index (χ0v) is 16.2. The summed E-state index contributed by atoms with van der Waals surface area (Å²) in [5.74, 6) is -0.180. The highest BCUT2D eigenvalue weighted by Crippen LogP contribution is 2.17. The molecule has 27 heavy (non-hydrogen) atoms. The summed E-state index contributed by atoms with van der Waals surface area (Å²) in [6.07, 6.45) is 0. The first kappa shape index (κ1) is 20.8. The predicted octanol–water partition coefficient (Wildman–Crippen LogP) is 3.56. The Morgan fingerprint density at radius 2 is 1.63 bits per heavy atom. The van der Waals surface area contributed by atoms with E-state index in [4.69, 9.17) is 9.47 Å². The second-order valence-corrected chi connectivity index (χ2v) is 6.09. The smallest absolute Gasteiger partial charge is 0.253 e. The molecule has 5 heteroatoms. The van der Waals surface area contributed by atoms with Gasteiger partial charge in [-0.05, 0) is 31.5 Å². The molecular formula is C22H27NO4. The third-order valence-corrected chi connectivity index (χ3v) is 4.37. The van der Waals surface area contributed by atoms with Crippen LogP contribution in [0.4, 0.5) is 0 Å². The monoisotopic (exact) mass is 369 g/mol. The van der Waals surface area contributed by atoms with Gasteiger partial charge >= 0.3 is 0 Å². The van der Waals surface area contributed by atoms with E-state index in [1.54, 1.807) is 42.3 Å². The molecule has 5 nitrogen and oxygen atoms in total. The highest BCUT2D eigenvalue weighted by atomic mass is 16.5. The Bertz CT molecular complexity index is 768. The van der Waals surface area contributed by atoms with Crippen LogP contribution >= 0.6 is 0 Å². The molecule has 1 amide bonds. The van der Waals surface area contributed by atoms with Gasteiger partial charge in [0.25, 0.3) is 5.91 Å². The van der Waals surface area contributed by atoms with Gasteiger partial charge in [-0.1, -0.05) is 36.4 Å². The number of benzene rings is 2. The van der Waals surface area contributed by atoms with Crippen molar-refractivity contribution in [1.29, 1.82) is 0 Å². The molecule has 0 aliphatic heterocycles. The average Bonchev–Trinajstić information content (AvgIpc) is 2.72. The highest BCUT2D eigenvalue weighted by Gasteiger charge is 2.17. The van der Waals surface area contributed by atoms with Gasteiger partial charge in [0, 0.05) is 36.9 Å². The van der Waals surface area contributed by atoms with Crippen molar-refractivity contribution >= 4 is 11.7 Å². The molecule has 0 saturated heterocycles. The number of methoxy groups -OCH3 is 1. The maximum Gasteiger partial charge on any atom is 0.253 e. The number of ketones is 1. The van der Waals surface area contributed by atoms with Crippen molar-refractivity contribution in [3.8, 4) is 0 Å². The van der Waals surface area contributed by atoms with E-state index >= 15 is 0 Å². The number of rotatable bonds is 10. The van der Waals surface area contributed by atoms with Crippen molar-refractivity contribution in [2.24, 2.45) is 0 Å². The normalized spacial score (nSPS) is 10.6. The summed E-state index contributed by atoms with van der Waals surface area (Å²) in [5, 5.41) is 0. The van der Waals surface area contributed by atoms with Crippen molar-refractivity contribution in [3.63, 3.8) is 0 Å². The molecule has 0 aromatic heterocycles. The maximum atomic E-state index is 13.0. The number of nitrogens with zero attached hydrogens (tertiary/aromatic N) is 1. The highest BCUT2D eigenvalue weighted by molar-refractivity contribution is 6.11. The number of hydrogen-bond acceptors (Lipinski definition) is 4. The van der Waals surface area contributed by atoms with Crippen molar-refractivity contribution in [1.82, 2.24) is 4.90 Å². The summed E-state index contributed by atoms with van der Waals surface area (Å²) in [4.78, 5) is 27.3. The minimum Gasteiger partial charge on any atom is -0.382 e. The lowest BCUT2D eigenvalue weighted by Gasteiger charge is -2.19. The van der Waals surface area contributed by atoms with Gasteiger partial charge in [-0.2, -0.15) is 0 Å². The minimum absolute atomic E-state index is 0.0640. The summed E-state index contributed by atoms with van der Waals surface area (Å²) in [7, 11) is 1.62. The van der Waals surface area contributed by atoms with E-state index in [2.05, 4.69) is 0 Å². The molecule has 0 atom stereocenters. The number of hydrogen-bond donors (Lipinski definition) is 0. The Morgan fingerprint density at radius 1 is 0.926 bits per heavy atom. The SMILES string of the molecule is CCN(CC)C(=O)c1cccc(C(=O)c2ccccc2COCCOC)c1.